The number of rotatable bonds is 2. The van der Waals surface area contributed by atoms with Gasteiger partial charge in [0.25, 0.3) is 5.91 Å². The van der Waals surface area contributed by atoms with Gasteiger partial charge in [0.05, 0.1) is 16.6 Å². The maximum atomic E-state index is 13.6. The monoisotopic (exact) mass is 337 g/mol. The summed E-state index contributed by atoms with van der Waals surface area (Å²) in [7, 11) is 0. The fourth-order valence-corrected chi connectivity index (χ4v) is 3.36. The van der Waals surface area contributed by atoms with E-state index in [0.29, 0.717) is 19.5 Å². The van der Waals surface area contributed by atoms with Crippen LogP contribution in [0.2, 0.25) is 0 Å². The summed E-state index contributed by atoms with van der Waals surface area (Å²) < 4.78 is 40.9. The number of hydrogen-bond donors (Lipinski definition) is 1. The highest BCUT2D eigenvalue weighted by molar-refractivity contribution is 6.00. The number of benzene rings is 1. The van der Waals surface area contributed by atoms with E-state index in [-0.39, 0.29) is 22.9 Å². The lowest BCUT2D eigenvalue weighted by atomic mass is 10.0. The van der Waals surface area contributed by atoms with Gasteiger partial charge in [-0.05, 0) is 31.9 Å². The normalized spacial score (nSPS) is 21.5. The largest absolute Gasteiger partial charge is 0.417 e. The highest BCUT2D eigenvalue weighted by Crippen LogP contribution is 2.38. The highest BCUT2D eigenvalue weighted by Gasteiger charge is 2.40. The molecule has 2 aromatic rings. The number of alkyl halides is 3. The number of nitrogens with zero attached hydrogens (tertiary/aromatic N) is 2. The summed E-state index contributed by atoms with van der Waals surface area (Å²) in [5.74, 6) is -0.518. The van der Waals surface area contributed by atoms with Crippen molar-refractivity contribution < 1.29 is 18.0 Å². The Kier molecular flexibility index (Phi) is 4.21. The predicted molar refractivity (Wildman–Crippen MR) is 84.4 cm³/mol. The van der Waals surface area contributed by atoms with E-state index in [1.54, 1.807) is 6.07 Å². The molecule has 2 N–H and O–H groups in total. The first kappa shape index (κ1) is 16.7. The number of nitrogens with two attached hydrogens (primary N) is 1. The molecule has 7 heteroatoms. The topological polar surface area (TPSA) is 59.2 Å². The number of carbonyl (C=O) groups is 1. The van der Waals surface area contributed by atoms with Gasteiger partial charge in [-0.2, -0.15) is 13.2 Å². The van der Waals surface area contributed by atoms with Crippen molar-refractivity contribution in [3.63, 3.8) is 0 Å². The molecule has 0 spiro atoms. The summed E-state index contributed by atoms with van der Waals surface area (Å²) in [4.78, 5) is 18.3. The van der Waals surface area contributed by atoms with E-state index in [9.17, 15) is 18.0 Å². The van der Waals surface area contributed by atoms with E-state index in [2.05, 4.69) is 4.98 Å². The second-order valence-electron chi connectivity index (χ2n) is 6.21. The first-order valence-corrected chi connectivity index (χ1v) is 7.79. The maximum absolute atomic E-state index is 13.6. The molecule has 0 radical (unpaired) electrons. The lowest BCUT2D eigenvalue weighted by Gasteiger charge is -2.24. The van der Waals surface area contributed by atoms with Gasteiger partial charge in [-0.3, -0.25) is 9.78 Å². The minimum atomic E-state index is -4.64. The molecule has 2 atom stereocenters. The molecule has 0 saturated carbocycles. The van der Waals surface area contributed by atoms with Gasteiger partial charge in [0.2, 0.25) is 0 Å². The third-order valence-electron chi connectivity index (χ3n) is 4.54. The second-order valence-corrected chi connectivity index (χ2v) is 6.21. The number of aromatic nitrogens is 1. The van der Waals surface area contributed by atoms with Crippen molar-refractivity contribution in [3.8, 4) is 0 Å². The Morgan fingerprint density at radius 3 is 2.71 bits per heavy atom. The van der Waals surface area contributed by atoms with Gasteiger partial charge >= 0.3 is 6.18 Å². The smallest absolute Gasteiger partial charge is 0.336 e. The third kappa shape index (κ3) is 2.84. The zero-order valence-electron chi connectivity index (χ0n) is 13.2. The Hall–Kier alpha value is -2.15. The van der Waals surface area contributed by atoms with Crippen LogP contribution in [0.4, 0.5) is 13.2 Å². The van der Waals surface area contributed by atoms with E-state index >= 15 is 0 Å². The van der Waals surface area contributed by atoms with Gasteiger partial charge in [-0.25, -0.2) is 0 Å². The molecule has 128 valence electrons. The summed E-state index contributed by atoms with van der Waals surface area (Å²) in [5, 5.41) is -0.0573. The number of para-hydroxylation sites is 1. The Balaban J connectivity index is 2.11. The fraction of sp³-hybridized carbons (Fsp3) is 0.412. The molecule has 4 nitrogen and oxygen atoms in total. The minimum absolute atomic E-state index is 0.0573. The molecule has 1 amide bonds. The Morgan fingerprint density at radius 2 is 2.08 bits per heavy atom. The molecule has 2 heterocycles. The Morgan fingerprint density at radius 1 is 1.38 bits per heavy atom. The van der Waals surface area contributed by atoms with Crippen LogP contribution in [0.25, 0.3) is 10.9 Å². The van der Waals surface area contributed by atoms with Crippen molar-refractivity contribution in [1.29, 1.82) is 0 Å². The first-order valence-electron chi connectivity index (χ1n) is 7.79. The van der Waals surface area contributed by atoms with Crippen molar-refractivity contribution in [2.75, 3.05) is 13.1 Å². The Labute approximate surface area is 137 Å². The van der Waals surface area contributed by atoms with E-state index < -0.39 is 23.2 Å². The van der Waals surface area contributed by atoms with Gasteiger partial charge in [0.15, 0.2) is 0 Å². The average molecular weight is 337 g/mol. The van der Waals surface area contributed by atoms with E-state index in [1.807, 2.05) is 6.92 Å². The lowest BCUT2D eigenvalue weighted by molar-refractivity contribution is -0.136. The van der Waals surface area contributed by atoms with Crippen LogP contribution in [0.1, 0.15) is 29.3 Å². The molecule has 24 heavy (non-hydrogen) atoms. The number of fused-ring (bicyclic) bond motifs is 1. The molecule has 1 aromatic carbocycles. The summed E-state index contributed by atoms with van der Waals surface area (Å²) in [6.45, 7) is 2.62. The SMILES string of the molecule is CC1CC(CN)CN1C(=O)c1cnc2ccccc2c1C(F)(F)F. The van der Waals surface area contributed by atoms with Crippen molar-refractivity contribution in [3.05, 3.63) is 41.6 Å². The number of pyridine rings is 1. The van der Waals surface area contributed by atoms with Crippen LogP contribution < -0.4 is 5.73 Å². The summed E-state index contributed by atoms with van der Waals surface area (Å²) in [6.07, 6.45) is -2.90. The molecule has 1 aromatic heterocycles. The standard InChI is InChI=1S/C17H18F3N3O/c1-10-6-11(7-21)9-23(10)16(24)13-8-22-14-5-3-2-4-12(14)15(13)17(18,19)20/h2-5,8,10-11H,6-7,9,21H2,1H3. The Bertz CT molecular complexity index is 775. The van der Waals surface area contributed by atoms with Crippen LogP contribution in [0.3, 0.4) is 0 Å². The minimum Gasteiger partial charge on any atom is -0.336 e. The van der Waals surface area contributed by atoms with Gasteiger partial charge in [0.1, 0.15) is 0 Å². The van der Waals surface area contributed by atoms with Gasteiger partial charge in [-0.1, -0.05) is 18.2 Å². The van der Waals surface area contributed by atoms with Crippen molar-refractivity contribution in [2.45, 2.75) is 25.6 Å². The van der Waals surface area contributed by atoms with Gasteiger partial charge in [-0.15, -0.1) is 0 Å². The zero-order chi connectivity index (χ0) is 17.5. The summed E-state index contributed by atoms with van der Waals surface area (Å²) in [5.41, 5.74) is 4.55. The van der Waals surface area contributed by atoms with Crippen LogP contribution in [0, 0.1) is 5.92 Å². The molecular formula is C17H18F3N3O. The van der Waals surface area contributed by atoms with Crippen LogP contribution in [0.15, 0.2) is 30.5 Å². The quantitative estimate of drug-likeness (QED) is 0.916. The number of hydrogen-bond acceptors (Lipinski definition) is 3. The number of amides is 1. The van der Waals surface area contributed by atoms with E-state index in [4.69, 9.17) is 5.73 Å². The molecule has 1 fully saturated rings. The summed E-state index contributed by atoms with van der Waals surface area (Å²) >= 11 is 0. The van der Waals surface area contributed by atoms with Crippen LogP contribution >= 0.6 is 0 Å². The van der Waals surface area contributed by atoms with Crippen LogP contribution in [-0.2, 0) is 6.18 Å². The highest BCUT2D eigenvalue weighted by atomic mass is 19.4. The van der Waals surface area contributed by atoms with E-state index in [0.717, 1.165) is 6.20 Å². The second kappa shape index (κ2) is 6.05. The molecule has 1 aliphatic heterocycles. The number of likely N-dealkylation sites (tertiary alicyclic amines) is 1. The maximum Gasteiger partial charge on any atom is 0.417 e. The van der Waals surface area contributed by atoms with Gasteiger partial charge in [0, 0.05) is 24.2 Å². The molecule has 3 rings (SSSR count). The predicted octanol–water partition coefficient (Wildman–Crippen LogP) is 3.06. The molecule has 0 aliphatic carbocycles. The van der Waals surface area contributed by atoms with Gasteiger partial charge < -0.3 is 10.6 Å². The molecule has 1 aliphatic rings. The fourth-order valence-electron chi connectivity index (χ4n) is 3.36. The summed E-state index contributed by atoms with van der Waals surface area (Å²) in [6, 6.07) is 5.83. The van der Waals surface area contributed by atoms with Crippen molar-refractivity contribution in [2.24, 2.45) is 11.7 Å². The molecule has 1 saturated heterocycles. The first-order chi connectivity index (χ1) is 11.3. The number of halogens is 3. The van der Waals surface area contributed by atoms with Crippen molar-refractivity contribution in [1.82, 2.24) is 9.88 Å². The molecule has 2 unspecified atom stereocenters. The lowest BCUT2D eigenvalue weighted by Crippen LogP contribution is -2.35. The average Bonchev–Trinajstić information content (AvgIpc) is 2.93. The van der Waals surface area contributed by atoms with E-state index in [1.165, 1.54) is 23.1 Å². The van der Waals surface area contributed by atoms with Crippen LogP contribution in [0.5, 0.6) is 0 Å². The number of carbonyl (C=O) groups excluding carboxylic acids is 1. The zero-order valence-corrected chi connectivity index (χ0v) is 13.2. The third-order valence-corrected chi connectivity index (χ3v) is 4.54. The molecule has 0 bridgehead atoms. The molecular weight excluding hydrogens is 319 g/mol. The van der Waals surface area contributed by atoms with Crippen LogP contribution in [-0.4, -0.2) is 34.9 Å². The van der Waals surface area contributed by atoms with Crippen molar-refractivity contribution >= 4 is 16.8 Å².